The molecule has 1 amide bonds. The first-order valence-electron chi connectivity index (χ1n) is 5.42. The summed E-state index contributed by atoms with van der Waals surface area (Å²) in [7, 11) is 2.91. The van der Waals surface area contributed by atoms with Gasteiger partial charge >= 0.3 is 5.97 Å². The van der Waals surface area contributed by atoms with Gasteiger partial charge in [0.25, 0.3) is 5.91 Å². The maximum Gasteiger partial charge on any atom is 0.328 e. The number of esters is 1. The molecule has 18 heavy (non-hydrogen) atoms. The summed E-state index contributed by atoms with van der Waals surface area (Å²) in [5.41, 5.74) is 0.768. The molecule has 98 valence electrons. The fraction of sp³-hybridized carbons (Fsp3) is 0.417. The first-order valence-corrected chi connectivity index (χ1v) is 5.42. The van der Waals surface area contributed by atoms with Crippen LogP contribution < -0.4 is 5.32 Å². The second-order valence-corrected chi connectivity index (χ2v) is 4.00. The van der Waals surface area contributed by atoms with Gasteiger partial charge in [0, 0.05) is 18.8 Å². The van der Waals surface area contributed by atoms with E-state index < -0.39 is 17.9 Å². The van der Waals surface area contributed by atoms with Gasteiger partial charge in [-0.3, -0.25) is 9.59 Å². The zero-order valence-corrected chi connectivity index (χ0v) is 10.8. The SMILES string of the molecule is COC(=O)C(C)NC(=O)c1cc(C(C)=O)cn1C. The van der Waals surface area contributed by atoms with Gasteiger partial charge in [0.1, 0.15) is 11.7 Å². The van der Waals surface area contributed by atoms with Crippen LogP contribution in [0.15, 0.2) is 12.3 Å². The first-order chi connectivity index (χ1) is 8.36. The lowest BCUT2D eigenvalue weighted by Crippen LogP contribution is -2.39. The molecule has 6 heteroatoms. The topological polar surface area (TPSA) is 77.4 Å². The average molecular weight is 252 g/mol. The Balaban J connectivity index is 2.85. The molecule has 1 N–H and O–H groups in total. The Morgan fingerprint density at radius 3 is 2.44 bits per heavy atom. The van der Waals surface area contributed by atoms with Gasteiger partial charge in [-0.05, 0) is 19.9 Å². The van der Waals surface area contributed by atoms with E-state index in [1.807, 2.05) is 0 Å². The third kappa shape index (κ3) is 2.97. The summed E-state index contributed by atoms with van der Waals surface area (Å²) in [6, 6.07) is 0.750. The standard InChI is InChI=1S/C12H16N2O4/c1-7(12(17)18-4)13-11(16)10-5-9(8(2)15)6-14(10)3/h5-7H,1-4H3,(H,13,16). The minimum atomic E-state index is -0.738. The zero-order valence-electron chi connectivity index (χ0n) is 10.8. The third-order valence-corrected chi connectivity index (χ3v) is 2.55. The Bertz CT molecular complexity index is 490. The highest BCUT2D eigenvalue weighted by atomic mass is 16.5. The summed E-state index contributed by atoms with van der Waals surface area (Å²) in [5, 5.41) is 2.49. The van der Waals surface area contributed by atoms with E-state index in [0.29, 0.717) is 11.3 Å². The van der Waals surface area contributed by atoms with Crippen LogP contribution in [0.3, 0.4) is 0 Å². The number of aromatic nitrogens is 1. The highest BCUT2D eigenvalue weighted by Crippen LogP contribution is 2.08. The van der Waals surface area contributed by atoms with E-state index in [-0.39, 0.29) is 5.78 Å². The molecule has 0 fully saturated rings. The zero-order chi connectivity index (χ0) is 13.9. The van der Waals surface area contributed by atoms with Crippen molar-refractivity contribution in [3.05, 3.63) is 23.5 Å². The van der Waals surface area contributed by atoms with Crippen molar-refractivity contribution >= 4 is 17.7 Å². The van der Waals surface area contributed by atoms with Gasteiger partial charge in [-0.15, -0.1) is 0 Å². The summed E-state index contributed by atoms with van der Waals surface area (Å²) in [6.45, 7) is 2.95. The lowest BCUT2D eigenvalue weighted by molar-refractivity contribution is -0.142. The molecule has 0 spiro atoms. The molecule has 0 saturated heterocycles. The number of ketones is 1. The van der Waals surface area contributed by atoms with Crippen LogP contribution in [0.1, 0.15) is 34.7 Å². The van der Waals surface area contributed by atoms with Gasteiger partial charge in [0.2, 0.25) is 0 Å². The Morgan fingerprint density at radius 1 is 1.39 bits per heavy atom. The van der Waals surface area contributed by atoms with Gasteiger partial charge in [-0.25, -0.2) is 4.79 Å². The number of aryl methyl sites for hydroxylation is 1. The van der Waals surface area contributed by atoms with Crippen molar-refractivity contribution in [2.75, 3.05) is 7.11 Å². The van der Waals surface area contributed by atoms with E-state index in [1.165, 1.54) is 31.6 Å². The van der Waals surface area contributed by atoms with Crippen molar-refractivity contribution in [2.24, 2.45) is 7.05 Å². The number of Topliss-reactive ketones (excluding diaryl/α,β-unsaturated/α-hetero) is 1. The van der Waals surface area contributed by atoms with E-state index in [2.05, 4.69) is 10.1 Å². The molecule has 0 aliphatic rings. The molecule has 1 aromatic heterocycles. The van der Waals surface area contributed by atoms with Crippen LogP contribution in [-0.4, -0.2) is 35.4 Å². The van der Waals surface area contributed by atoms with Gasteiger partial charge in [0.05, 0.1) is 7.11 Å². The lowest BCUT2D eigenvalue weighted by Gasteiger charge is -2.11. The molecule has 0 aromatic carbocycles. The minimum Gasteiger partial charge on any atom is -0.467 e. The Kier molecular flexibility index (Phi) is 4.25. The maximum absolute atomic E-state index is 11.9. The number of rotatable bonds is 4. The number of nitrogens with one attached hydrogen (secondary N) is 1. The number of hydrogen-bond acceptors (Lipinski definition) is 4. The second kappa shape index (κ2) is 5.48. The van der Waals surface area contributed by atoms with E-state index in [0.717, 1.165) is 0 Å². The molecule has 1 aromatic rings. The van der Waals surface area contributed by atoms with Crippen molar-refractivity contribution in [2.45, 2.75) is 19.9 Å². The Hall–Kier alpha value is -2.11. The Morgan fingerprint density at radius 2 is 2.00 bits per heavy atom. The quantitative estimate of drug-likeness (QED) is 0.626. The van der Waals surface area contributed by atoms with E-state index in [4.69, 9.17) is 0 Å². The molecule has 1 rings (SSSR count). The number of ether oxygens (including phenoxy) is 1. The van der Waals surface area contributed by atoms with Crippen molar-refractivity contribution < 1.29 is 19.1 Å². The second-order valence-electron chi connectivity index (χ2n) is 4.00. The van der Waals surface area contributed by atoms with Crippen LogP contribution in [0, 0.1) is 0 Å². The highest BCUT2D eigenvalue weighted by molar-refractivity contribution is 6.00. The molecule has 1 atom stereocenters. The molecule has 1 heterocycles. The monoisotopic (exact) mass is 252 g/mol. The molecule has 0 radical (unpaired) electrons. The van der Waals surface area contributed by atoms with Crippen LogP contribution in [0.25, 0.3) is 0 Å². The minimum absolute atomic E-state index is 0.120. The smallest absolute Gasteiger partial charge is 0.328 e. The molecule has 0 saturated carbocycles. The summed E-state index contributed by atoms with van der Waals surface area (Å²) in [4.78, 5) is 34.3. The largest absolute Gasteiger partial charge is 0.467 e. The van der Waals surface area contributed by atoms with Gasteiger partial charge < -0.3 is 14.6 Å². The Labute approximate surface area is 105 Å². The molecule has 6 nitrogen and oxygen atoms in total. The third-order valence-electron chi connectivity index (χ3n) is 2.55. The number of carbonyl (C=O) groups excluding carboxylic acids is 3. The molecular weight excluding hydrogens is 236 g/mol. The summed E-state index contributed by atoms with van der Waals surface area (Å²) in [5.74, 6) is -1.07. The van der Waals surface area contributed by atoms with Crippen LogP contribution in [0.4, 0.5) is 0 Å². The molecule has 1 unspecified atom stereocenters. The normalized spacial score (nSPS) is 11.8. The maximum atomic E-state index is 11.9. The van der Waals surface area contributed by atoms with Gasteiger partial charge in [-0.2, -0.15) is 0 Å². The van der Waals surface area contributed by atoms with Gasteiger partial charge in [-0.1, -0.05) is 0 Å². The predicted octanol–water partition coefficient (Wildman–Crippen LogP) is 0.519. The van der Waals surface area contributed by atoms with Crippen LogP contribution >= 0.6 is 0 Å². The highest BCUT2D eigenvalue weighted by Gasteiger charge is 2.19. The number of carbonyl (C=O) groups is 3. The fourth-order valence-electron chi connectivity index (χ4n) is 1.49. The van der Waals surface area contributed by atoms with Crippen molar-refractivity contribution in [3.8, 4) is 0 Å². The van der Waals surface area contributed by atoms with Crippen LogP contribution in [0.5, 0.6) is 0 Å². The van der Waals surface area contributed by atoms with Crippen molar-refractivity contribution in [1.29, 1.82) is 0 Å². The molecule has 0 aliphatic carbocycles. The summed E-state index contributed by atoms with van der Waals surface area (Å²) < 4.78 is 6.05. The number of amides is 1. The predicted molar refractivity (Wildman–Crippen MR) is 64.4 cm³/mol. The average Bonchev–Trinajstić information content (AvgIpc) is 2.70. The number of nitrogens with zero attached hydrogens (tertiary/aromatic N) is 1. The van der Waals surface area contributed by atoms with Gasteiger partial charge in [0.15, 0.2) is 5.78 Å². The molecule has 0 bridgehead atoms. The summed E-state index contributed by atoms with van der Waals surface area (Å²) in [6.07, 6.45) is 1.57. The molecular formula is C12H16N2O4. The molecule has 0 aliphatic heterocycles. The fourth-order valence-corrected chi connectivity index (χ4v) is 1.49. The van der Waals surface area contributed by atoms with E-state index in [1.54, 1.807) is 13.2 Å². The van der Waals surface area contributed by atoms with Crippen LogP contribution in [0.2, 0.25) is 0 Å². The number of methoxy groups -OCH3 is 1. The van der Waals surface area contributed by atoms with Crippen molar-refractivity contribution in [1.82, 2.24) is 9.88 Å². The number of hydrogen-bond donors (Lipinski definition) is 1. The lowest BCUT2D eigenvalue weighted by atomic mass is 10.2. The van der Waals surface area contributed by atoms with E-state index in [9.17, 15) is 14.4 Å². The summed E-state index contributed by atoms with van der Waals surface area (Å²) >= 11 is 0. The first kappa shape index (κ1) is 14.0. The van der Waals surface area contributed by atoms with E-state index >= 15 is 0 Å². The van der Waals surface area contributed by atoms with Crippen LogP contribution in [-0.2, 0) is 16.6 Å². The van der Waals surface area contributed by atoms with Crippen molar-refractivity contribution in [3.63, 3.8) is 0 Å².